The number of aryl methyl sites for hydroxylation is 1. The minimum atomic E-state index is -0.842. The lowest BCUT2D eigenvalue weighted by atomic mass is 10.0. The first kappa shape index (κ1) is 25.8. The fourth-order valence-electron chi connectivity index (χ4n) is 4.58. The van der Waals surface area contributed by atoms with Gasteiger partial charge in [0.15, 0.2) is 5.82 Å². The smallest absolute Gasteiger partial charge is 0.247 e. The highest BCUT2D eigenvalue weighted by Gasteiger charge is 2.34. The molecule has 1 aromatic heterocycles. The Hall–Kier alpha value is -3.24. The minimum Gasteiger partial charge on any atom is -0.376 e. The van der Waals surface area contributed by atoms with Crippen molar-refractivity contribution in [2.75, 3.05) is 31.6 Å². The molecule has 0 bridgehead atoms. The van der Waals surface area contributed by atoms with E-state index in [0.717, 1.165) is 25.7 Å². The van der Waals surface area contributed by atoms with E-state index in [1.807, 2.05) is 30.3 Å². The minimum absolute atomic E-state index is 0.0171. The number of hydrogen-bond donors (Lipinski definition) is 2. The molecule has 0 saturated carbocycles. The summed E-state index contributed by atoms with van der Waals surface area (Å²) in [4.78, 5) is 41.0. The first-order valence-electron chi connectivity index (χ1n) is 12.6. The number of nitrogens with one attached hydrogen (secondary N) is 2. The number of carbonyl (C=O) groups excluding carboxylic acids is 3. The van der Waals surface area contributed by atoms with Crippen LogP contribution in [-0.2, 0) is 23.9 Å². The monoisotopic (exact) mass is 498 g/mol. The SMILES string of the molecule is Cc1cc(NC(=O)CCC(=O)N(C[C@@H]2CCCO2)[C@H](C(=O)NC[C@@H]2CCCO2)c2ccccc2)no1. The van der Waals surface area contributed by atoms with Gasteiger partial charge >= 0.3 is 0 Å². The summed E-state index contributed by atoms with van der Waals surface area (Å²) < 4.78 is 16.4. The van der Waals surface area contributed by atoms with Gasteiger partial charge in [0.25, 0.3) is 0 Å². The van der Waals surface area contributed by atoms with Gasteiger partial charge in [-0.2, -0.15) is 0 Å². The number of hydrogen-bond acceptors (Lipinski definition) is 7. The molecule has 0 unspecified atom stereocenters. The Balaban J connectivity index is 1.48. The largest absolute Gasteiger partial charge is 0.376 e. The van der Waals surface area contributed by atoms with Crippen molar-refractivity contribution < 1.29 is 28.4 Å². The van der Waals surface area contributed by atoms with E-state index in [1.54, 1.807) is 17.9 Å². The molecule has 2 aliphatic rings. The standard InChI is InChI=1S/C26H34N4O6/c1-18-15-22(29-36-18)28-23(31)11-12-24(32)30(17-21-10-6-14-35-21)25(19-7-3-2-4-8-19)26(33)27-16-20-9-5-13-34-20/h2-4,7-8,15,20-21,25H,5-6,9-14,16-17H2,1H3,(H,27,33)(H,28,29,31)/t20-,21-,25-/m0/s1. The molecule has 0 radical (unpaired) electrons. The Labute approximate surface area is 210 Å². The summed E-state index contributed by atoms with van der Waals surface area (Å²) in [6, 6.07) is 10.00. The second-order valence-electron chi connectivity index (χ2n) is 9.25. The van der Waals surface area contributed by atoms with Crippen molar-refractivity contribution in [1.82, 2.24) is 15.4 Å². The third-order valence-electron chi connectivity index (χ3n) is 6.41. The molecule has 10 nitrogen and oxygen atoms in total. The van der Waals surface area contributed by atoms with Gasteiger partial charge < -0.3 is 29.5 Å². The van der Waals surface area contributed by atoms with Crippen LogP contribution in [0.15, 0.2) is 40.9 Å². The van der Waals surface area contributed by atoms with E-state index < -0.39 is 6.04 Å². The Morgan fingerprint density at radius 1 is 1.06 bits per heavy atom. The first-order valence-corrected chi connectivity index (χ1v) is 12.6. The number of rotatable bonds is 11. The molecule has 3 heterocycles. The average Bonchev–Trinajstić information content (AvgIpc) is 3.66. The number of ether oxygens (including phenoxy) is 2. The summed E-state index contributed by atoms with van der Waals surface area (Å²) in [7, 11) is 0. The van der Waals surface area contributed by atoms with Crippen LogP contribution in [-0.4, -0.2) is 66.3 Å². The zero-order chi connectivity index (χ0) is 25.3. The molecule has 2 N–H and O–H groups in total. The van der Waals surface area contributed by atoms with E-state index in [2.05, 4.69) is 15.8 Å². The van der Waals surface area contributed by atoms with Gasteiger partial charge in [-0.15, -0.1) is 0 Å². The predicted molar refractivity (Wildman–Crippen MR) is 131 cm³/mol. The summed E-state index contributed by atoms with van der Waals surface area (Å²) in [5.74, 6) is -0.0443. The lowest BCUT2D eigenvalue weighted by molar-refractivity contribution is -0.143. The second kappa shape index (κ2) is 12.6. The Bertz CT molecular complexity index is 1010. The normalized spacial score (nSPS) is 20.1. The molecule has 0 aliphatic carbocycles. The van der Waals surface area contributed by atoms with Gasteiger partial charge in [0.1, 0.15) is 11.8 Å². The van der Waals surface area contributed by atoms with E-state index in [4.69, 9.17) is 14.0 Å². The van der Waals surface area contributed by atoms with E-state index in [9.17, 15) is 14.4 Å². The van der Waals surface area contributed by atoms with Crippen LogP contribution < -0.4 is 10.6 Å². The zero-order valence-corrected chi connectivity index (χ0v) is 20.6. The van der Waals surface area contributed by atoms with Gasteiger partial charge in [-0.3, -0.25) is 14.4 Å². The second-order valence-corrected chi connectivity index (χ2v) is 9.25. The van der Waals surface area contributed by atoms with Crippen LogP contribution in [0.25, 0.3) is 0 Å². The molecule has 36 heavy (non-hydrogen) atoms. The predicted octanol–water partition coefficient (Wildman–Crippen LogP) is 2.75. The van der Waals surface area contributed by atoms with Crippen LogP contribution in [0.5, 0.6) is 0 Å². The van der Waals surface area contributed by atoms with Gasteiger partial charge in [-0.05, 0) is 38.2 Å². The lowest BCUT2D eigenvalue weighted by Gasteiger charge is -2.33. The van der Waals surface area contributed by atoms with Crippen LogP contribution in [0.1, 0.15) is 55.9 Å². The third-order valence-corrected chi connectivity index (χ3v) is 6.41. The summed E-state index contributed by atoms with van der Waals surface area (Å²) in [6.07, 6.45) is 3.32. The molecule has 4 rings (SSSR count). The fourth-order valence-corrected chi connectivity index (χ4v) is 4.58. The molecule has 1 aromatic carbocycles. The number of benzene rings is 1. The molecule has 2 saturated heterocycles. The number of anilines is 1. The van der Waals surface area contributed by atoms with Crippen molar-refractivity contribution >= 4 is 23.5 Å². The topological polar surface area (TPSA) is 123 Å². The van der Waals surface area contributed by atoms with Crippen LogP contribution >= 0.6 is 0 Å². The fraction of sp³-hybridized carbons (Fsp3) is 0.538. The molecule has 2 aromatic rings. The quantitative estimate of drug-likeness (QED) is 0.488. The Kier molecular flexibility index (Phi) is 9.07. The van der Waals surface area contributed by atoms with Gasteiger partial charge in [-0.1, -0.05) is 35.5 Å². The maximum absolute atomic E-state index is 13.5. The van der Waals surface area contributed by atoms with E-state index in [0.29, 0.717) is 36.9 Å². The summed E-state index contributed by atoms with van der Waals surface area (Å²) in [5.41, 5.74) is 0.705. The van der Waals surface area contributed by atoms with E-state index >= 15 is 0 Å². The Morgan fingerprint density at radius 2 is 1.78 bits per heavy atom. The van der Waals surface area contributed by atoms with Crippen molar-refractivity contribution in [2.24, 2.45) is 0 Å². The molecule has 3 atom stereocenters. The maximum Gasteiger partial charge on any atom is 0.247 e. The number of aromatic nitrogens is 1. The number of nitrogens with zero attached hydrogens (tertiary/aromatic N) is 2. The van der Waals surface area contributed by atoms with E-state index in [-0.39, 0.29) is 49.3 Å². The highest BCUT2D eigenvalue weighted by atomic mass is 16.5. The van der Waals surface area contributed by atoms with Crippen LogP contribution in [0.2, 0.25) is 0 Å². The van der Waals surface area contributed by atoms with Gasteiger partial charge in [-0.25, -0.2) is 0 Å². The molecule has 3 amide bonds. The average molecular weight is 499 g/mol. The van der Waals surface area contributed by atoms with Gasteiger partial charge in [0.2, 0.25) is 17.7 Å². The summed E-state index contributed by atoms with van der Waals surface area (Å²) in [5, 5.41) is 9.37. The van der Waals surface area contributed by atoms with Gasteiger partial charge in [0, 0.05) is 45.2 Å². The van der Waals surface area contributed by atoms with Crippen LogP contribution in [0.3, 0.4) is 0 Å². The number of carbonyl (C=O) groups is 3. The van der Waals surface area contributed by atoms with Gasteiger partial charge in [0.05, 0.1) is 12.2 Å². The first-order chi connectivity index (χ1) is 17.5. The zero-order valence-electron chi connectivity index (χ0n) is 20.6. The molecule has 0 spiro atoms. The highest BCUT2D eigenvalue weighted by molar-refractivity contribution is 5.94. The highest BCUT2D eigenvalue weighted by Crippen LogP contribution is 2.26. The van der Waals surface area contributed by atoms with Crippen molar-refractivity contribution in [3.8, 4) is 0 Å². The Morgan fingerprint density at radius 3 is 2.42 bits per heavy atom. The molecule has 2 aliphatic heterocycles. The maximum atomic E-state index is 13.5. The summed E-state index contributed by atoms with van der Waals surface area (Å²) >= 11 is 0. The van der Waals surface area contributed by atoms with Crippen molar-refractivity contribution in [3.05, 3.63) is 47.7 Å². The third kappa shape index (κ3) is 7.14. The van der Waals surface area contributed by atoms with Crippen molar-refractivity contribution in [2.45, 2.75) is 63.7 Å². The molecule has 2 fully saturated rings. The molecular formula is C26H34N4O6. The molecule has 194 valence electrons. The van der Waals surface area contributed by atoms with E-state index in [1.165, 1.54) is 0 Å². The molecular weight excluding hydrogens is 464 g/mol. The number of amides is 3. The van der Waals surface area contributed by atoms with Crippen molar-refractivity contribution in [1.29, 1.82) is 0 Å². The van der Waals surface area contributed by atoms with Crippen LogP contribution in [0, 0.1) is 6.92 Å². The lowest BCUT2D eigenvalue weighted by Crippen LogP contribution is -2.47. The van der Waals surface area contributed by atoms with Crippen LogP contribution in [0.4, 0.5) is 5.82 Å². The van der Waals surface area contributed by atoms with Crippen molar-refractivity contribution in [3.63, 3.8) is 0 Å². The molecule has 10 heteroatoms. The summed E-state index contributed by atoms with van der Waals surface area (Å²) in [6.45, 7) is 3.72.